The average Bonchev–Trinajstić information content (AvgIpc) is 3.42. The van der Waals surface area contributed by atoms with Gasteiger partial charge in [0.2, 0.25) is 15.0 Å². The molecule has 168 valence electrons. The molecule has 2 aromatic carbocycles. The second kappa shape index (κ2) is 8.60. The van der Waals surface area contributed by atoms with Crippen LogP contribution in [-0.2, 0) is 10.0 Å². The Morgan fingerprint density at radius 2 is 1.91 bits per heavy atom. The molecule has 1 aromatic heterocycles. The molecule has 0 radical (unpaired) electrons. The first kappa shape index (κ1) is 22.4. The number of aryl methyl sites for hydroxylation is 1. The smallest absolute Gasteiger partial charge is 0.286 e. The second-order valence-electron chi connectivity index (χ2n) is 7.21. The van der Waals surface area contributed by atoms with Crippen molar-refractivity contribution < 1.29 is 26.4 Å². The van der Waals surface area contributed by atoms with Crippen molar-refractivity contribution in [1.29, 1.82) is 0 Å². The lowest BCUT2D eigenvalue weighted by molar-refractivity contribution is 0.102. The van der Waals surface area contributed by atoms with Gasteiger partial charge in [0.05, 0.1) is 10.9 Å². The minimum atomic E-state index is -4.00. The summed E-state index contributed by atoms with van der Waals surface area (Å²) in [7, 11) is -4.00. The van der Waals surface area contributed by atoms with Crippen LogP contribution in [0.3, 0.4) is 0 Å². The molecule has 0 bridgehead atoms. The maximum atomic E-state index is 13.7. The number of carbonyl (C=O) groups excluding carboxylic acids is 1. The van der Waals surface area contributed by atoms with E-state index in [4.69, 9.17) is 0 Å². The van der Waals surface area contributed by atoms with Gasteiger partial charge in [-0.15, -0.1) is 10.2 Å². The lowest BCUT2D eigenvalue weighted by Gasteiger charge is -2.23. The minimum absolute atomic E-state index is 0.0392. The zero-order valence-corrected chi connectivity index (χ0v) is 18.3. The molecule has 1 aliphatic rings. The van der Waals surface area contributed by atoms with Crippen LogP contribution >= 0.6 is 11.3 Å². The average molecular weight is 483 g/mol. The number of hydrogen-bond acceptors (Lipinski definition) is 6. The molecule has 2 heterocycles. The van der Waals surface area contributed by atoms with E-state index in [-0.39, 0.29) is 22.1 Å². The van der Waals surface area contributed by atoms with Crippen molar-refractivity contribution in [2.75, 3.05) is 11.9 Å². The molecular weight excluding hydrogens is 465 g/mol. The standard InChI is InChI=1S/C20H17F3N4O3S2/c1-11-4-5-12(21)9-17(11)32(29,30)27-8-2-3-16(27)19-25-26-20(31-19)18(28)24-13-6-7-14(22)15(23)10-13/h4-7,9-10,16H,2-3,8H2,1H3,(H,24,28)/t16-/m0/s1. The molecule has 0 saturated carbocycles. The molecule has 0 aliphatic carbocycles. The van der Waals surface area contributed by atoms with E-state index in [9.17, 15) is 26.4 Å². The molecule has 7 nitrogen and oxygen atoms in total. The first-order valence-electron chi connectivity index (χ1n) is 9.54. The Kier molecular flexibility index (Phi) is 6.01. The van der Waals surface area contributed by atoms with Crippen LogP contribution in [0.2, 0.25) is 0 Å². The quantitative estimate of drug-likeness (QED) is 0.593. The molecule has 1 fully saturated rings. The predicted octanol–water partition coefficient (Wildman–Crippen LogP) is 4.04. The van der Waals surface area contributed by atoms with Crippen molar-refractivity contribution in [3.8, 4) is 0 Å². The maximum absolute atomic E-state index is 13.7. The Morgan fingerprint density at radius 3 is 2.66 bits per heavy atom. The van der Waals surface area contributed by atoms with Gasteiger partial charge in [0.15, 0.2) is 11.6 Å². The normalized spacial score (nSPS) is 16.9. The Morgan fingerprint density at radius 1 is 1.12 bits per heavy atom. The summed E-state index contributed by atoms with van der Waals surface area (Å²) in [4.78, 5) is 12.3. The highest BCUT2D eigenvalue weighted by molar-refractivity contribution is 7.89. The topological polar surface area (TPSA) is 92.3 Å². The van der Waals surface area contributed by atoms with E-state index < -0.39 is 39.4 Å². The molecular formula is C20H17F3N4O3S2. The molecule has 0 unspecified atom stereocenters. The van der Waals surface area contributed by atoms with Crippen LogP contribution in [0.1, 0.15) is 39.3 Å². The van der Waals surface area contributed by atoms with E-state index >= 15 is 0 Å². The van der Waals surface area contributed by atoms with Gasteiger partial charge in [0, 0.05) is 18.3 Å². The van der Waals surface area contributed by atoms with Gasteiger partial charge in [0.25, 0.3) is 5.91 Å². The molecule has 12 heteroatoms. The van der Waals surface area contributed by atoms with Crippen molar-refractivity contribution in [3.63, 3.8) is 0 Å². The number of sulfonamides is 1. The number of amides is 1. The highest BCUT2D eigenvalue weighted by Gasteiger charge is 2.39. The predicted molar refractivity (Wildman–Crippen MR) is 111 cm³/mol. The molecule has 1 atom stereocenters. The summed E-state index contributed by atoms with van der Waals surface area (Å²) in [6, 6.07) is 5.85. The Labute approximate surface area is 186 Å². The lowest BCUT2D eigenvalue weighted by Crippen LogP contribution is -2.31. The van der Waals surface area contributed by atoms with Crippen molar-refractivity contribution in [1.82, 2.24) is 14.5 Å². The Balaban J connectivity index is 1.57. The summed E-state index contributed by atoms with van der Waals surface area (Å²) in [5.41, 5.74) is 0.457. The van der Waals surface area contributed by atoms with Gasteiger partial charge >= 0.3 is 0 Å². The van der Waals surface area contributed by atoms with Crippen molar-refractivity contribution in [3.05, 3.63) is 69.4 Å². The lowest BCUT2D eigenvalue weighted by atomic mass is 10.2. The number of benzene rings is 2. The largest absolute Gasteiger partial charge is 0.320 e. The van der Waals surface area contributed by atoms with Gasteiger partial charge in [0.1, 0.15) is 10.8 Å². The highest BCUT2D eigenvalue weighted by Crippen LogP contribution is 2.38. The summed E-state index contributed by atoms with van der Waals surface area (Å²) in [6.45, 7) is 1.81. The molecule has 0 spiro atoms. The fourth-order valence-corrected chi connectivity index (χ4v) is 6.32. The Bertz CT molecular complexity index is 1300. The number of nitrogens with one attached hydrogen (secondary N) is 1. The molecule has 1 saturated heterocycles. The first-order chi connectivity index (χ1) is 15.2. The number of nitrogens with zero attached hydrogens (tertiary/aromatic N) is 3. The van der Waals surface area contributed by atoms with Gasteiger partial charge in [-0.2, -0.15) is 4.31 Å². The van der Waals surface area contributed by atoms with Crippen LogP contribution in [0.25, 0.3) is 0 Å². The monoisotopic (exact) mass is 482 g/mol. The maximum Gasteiger partial charge on any atom is 0.286 e. The number of carbonyl (C=O) groups is 1. The fourth-order valence-electron chi connectivity index (χ4n) is 3.47. The molecule has 1 amide bonds. The molecule has 1 aliphatic heterocycles. The summed E-state index contributed by atoms with van der Waals surface area (Å²) < 4.78 is 67.8. The third-order valence-corrected chi connectivity index (χ3v) is 8.11. The van der Waals surface area contributed by atoms with E-state index in [0.29, 0.717) is 23.4 Å². The third-order valence-electron chi connectivity index (χ3n) is 5.04. The minimum Gasteiger partial charge on any atom is -0.320 e. The summed E-state index contributed by atoms with van der Waals surface area (Å²) in [5, 5.41) is 10.5. The number of rotatable bonds is 5. The van der Waals surface area contributed by atoms with Gasteiger partial charge in [-0.05, 0) is 49.6 Å². The van der Waals surface area contributed by atoms with E-state index in [0.717, 1.165) is 29.5 Å². The van der Waals surface area contributed by atoms with Crippen LogP contribution in [0.4, 0.5) is 18.9 Å². The van der Waals surface area contributed by atoms with Crippen LogP contribution in [0.5, 0.6) is 0 Å². The van der Waals surface area contributed by atoms with Gasteiger partial charge in [-0.3, -0.25) is 4.79 Å². The highest BCUT2D eigenvalue weighted by atomic mass is 32.2. The SMILES string of the molecule is Cc1ccc(F)cc1S(=O)(=O)N1CCC[C@H]1c1nnc(C(=O)Nc2ccc(F)c(F)c2)s1. The van der Waals surface area contributed by atoms with E-state index in [2.05, 4.69) is 15.5 Å². The zero-order chi connectivity index (χ0) is 23.0. The fraction of sp³-hybridized carbons (Fsp3) is 0.250. The number of hydrogen-bond donors (Lipinski definition) is 1. The summed E-state index contributed by atoms with van der Waals surface area (Å²) in [6.07, 6.45) is 1.03. The number of anilines is 1. The third kappa shape index (κ3) is 4.25. The van der Waals surface area contributed by atoms with Gasteiger partial charge < -0.3 is 5.32 Å². The van der Waals surface area contributed by atoms with Crippen LogP contribution in [0.15, 0.2) is 41.3 Å². The van der Waals surface area contributed by atoms with Crippen molar-refractivity contribution in [2.24, 2.45) is 0 Å². The molecule has 4 rings (SSSR count). The van der Waals surface area contributed by atoms with Gasteiger partial charge in [-0.25, -0.2) is 21.6 Å². The van der Waals surface area contributed by atoms with Crippen molar-refractivity contribution >= 4 is 33.0 Å². The van der Waals surface area contributed by atoms with Gasteiger partial charge in [-0.1, -0.05) is 17.4 Å². The Hall–Kier alpha value is -2.83. The molecule has 1 N–H and O–H groups in total. The first-order valence-corrected chi connectivity index (χ1v) is 11.8. The number of halogens is 3. The summed E-state index contributed by atoms with van der Waals surface area (Å²) in [5.74, 6) is -3.50. The summed E-state index contributed by atoms with van der Waals surface area (Å²) >= 11 is 0.905. The molecule has 32 heavy (non-hydrogen) atoms. The van der Waals surface area contributed by atoms with Crippen LogP contribution in [0, 0.1) is 24.4 Å². The second-order valence-corrected chi connectivity index (χ2v) is 10.1. The zero-order valence-electron chi connectivity index (χ0n) is 16.7. The number of aromatic nitrogens is 2. The molecule has 3 aromatic rings. The van der Waals surface area contributed by atoms with Crippen LogP contribution < -0.4 is 5.32 Å². The van der Waals surface area contributed by atoms with Crippen molar-refractivity contribution in [2.45, 2.75) is 30.7 Å². The van der Waals surface area contributed by atoms with E-state index in [1.54, 1.807) is 6.92 Å². The van der Waals surface area contributed by atoms with E-state index in [1.807, 2.05) is 0 Å². The van der Waals surface area contributed by atoms with E-state index in [1.165, 1.54) is 22.5 Å². The van der Waals surface area contributed by atoms with Crippen LogP contribution in [-0.4, -0.2) is 35.4 Å².